The maximum absolute atomic E-state index is 14.8. The minimum absolute atomic E-state index is 0.0268. The third-order valence-electron chi connectivity index (χ3n) is 6.14. The van der Waals surface area contributed by atoms with Gasteiger partial charge in [-0.3, -0.25) is 14.4 Å². The van der Waals surface area contributed by atoms with Crippen LogP contribution >= 0.6 is 0 Å². The maximum atomic E-state index is 14.8. The summed E-state index contributed by atoms with van der Waals surface area (Å²) in [5.74, 6) is -4.14. The van der Waals surface area contributed by atoms with Gasteiger partial charge in [-0.15, -0.1) is 0 Å². The van der Waals surface area contributed by atoms with Crippen molar-refractivity contribution in [3.05, 3.63) is 72.2 Å². The molecular weight excluding hydrogens is 489 g/mol. The zero-order chi connectivity index (χ0) is 26.2. The molecule has 0 radical (unpaired) electrons. The molecule has 3 amide bonds. The molecule has 8 nitrogen and oxygen atoms in total. The predicted octanol–water partition coefficient (Wildman–Crippen LogP) is 5.00. The summed E-state index contributed by atoms with van der Waals surface area (Å²) in [5, 5.41) is 7.35. The van der Waals surface area contributed by atoms with Gasteiger partial charge in [0.15, 0.2) is 11.6 Å². The number of ether oxygens (including phenoxy) is 1. The Hall–Kier alpha value is -4.41. The van der Waals surface area contributed by atoms with Crippen LogP contribution in [0.25, 0.3) is 0 Å². The number of rotatable bonds is 8. The van der Waals surface area contributed by atoms with E-state index in [9.17, 15) is 27.6 Å². The molecule has 2 saturated carbocycles. The molecule has 5 rings (SSSR count). The molecule has 0 spiro atoms. The molecule has 0 atom stereocenters. The summed E-state index contributed by atoms with van der Waals surface area (Å²) in [4.78, 5) is 41.4. The van der Waals surface area contributed by atoms with Crippen molar-refractivity contribution in [1.29, 1.82) is 0 Å². The Labute approximate surface area is 209 Å². The van der Waals surface area contributed by atoms with Gasteiger partial charge in [0.25, 0.3) is 0 Å². The first-order chi connectivity index (χ1) is 17.7. The van der Waals surface area contributed by atoms with Gasteiger partial charge in [0.1, 0.15) is 34.2 Å². The smallest absolute Gasteiger partial charge is 0.240 e. The Morgan fingerprint density at radius 2 is 1.49 bits per heavy atom. The quantitative estimate of drug-likeness (QED) is 0.370. The molecule has 2 aliphatic rings. The molecular formula is C26H21F3N4O4. The number of hydrogen-bond acceptors (Lipinski definition) is 5. The van der Waals surface area contributed by atoms with Crippen molar-refractivity contribution < 1.29 is 32.3 Å². The zero-order valence-electron chi connectivity index (χ0n) is 19.3. The van der Waals surface area contributed by atoms with E-state index in [-0.39, 0.29) is 47.7 Å². The fourth-order valence-corrected chi connectivity index (χ4v) is 3.68. The van der Waals surface area contributed by atoms with Crippen LogP contribution in [0.2, 0.25) is 0 Å². The first-order valence-corrected chi connectivity index (χ1v) is 11.6. The average molecular weight is 510 g/mol. The number of hydrogen-bond donors (Lipinski definition) is 3. The molecule has 11 heteroatoms. The number of carbonyl (C=O) groups is 3. The van der Waals surface area contributed by atoms with Gasteiger partial charge in [0.05, 0.1) is 0 Å². The van der Waals surface area contributed by atoms with Gasteiger partial charge in [-0.2, -0.15) is 0 Å². The van der Waals surface area contributed by atoms with Gasteiger partial charge in [0, 0.05) is 36.0 Å². The number of nitrogens with one attached hydrogen (secondary N) is 3. The molecule has 1 heterocycles. The summed E-state index contributed by atoms with van der Waals surface area (Å²) in [7, 11) is 0. The largest absolute Gasteiger partial charge is 0.457 e. The Bertz CT molecular complexity index is 1370. The molecule has 0 aliphatic heterocycles. The number of nitrogens with zero attached hydrogens (tertiary/aromatic N) is 1. The van der Waals surface area contributed by atoms with Crippen LogP contribution in [0, 0.1) is 28.8 Å². The summed E-state index contributed by atoms with van der Waals surface area (Å²) < 4.78 is 48.2. The lowest BCUT2D eigenvalue weighted by Gasteiger charge is -2.17. The SMILES string of the molecule is O=C(Nc1cc(Oc2cc(F)c(NC(=O)C3(C(=O)Nc4ccc(F)cc4)CC3)c(F)c2)ccn1)C1CC1. The van der Waals surface area contributed by atoms with Gasteiger partial charge in [0.2, 0.25) is 17.7 Å². The van der Waals surface area contributed by atoms with Crippen molar-refractivity contribution >= 4 is 34.9 Å². The highest BCUT2D eigenvalue weighted by molar-refractivity contribution is 6.17. The predicted molar refractivity (Wildman–Crippen MR) is 127 cm³/mol. The second-order valence-corrected chi connectivity index (χ2v) is 9.00. The van der Waals surface area contributed by atoms with Crippen molar-refractivity contribution in [3.63, 3.8) is 0 Å². The van der Waals surface area contributed by atoms with E-state index in [2.05, 4.69) is 20.9 Å². The van der Waals surface area contributed by atoms with E-state index in [1.165, 1.54) is 30.5 Å². The Morgan fingerprint density at radius 3 is 2.11 bits per heavy atom. The van der Waals surface area contributed by atoms with E-state index in [0.29, 0.717) is 0 Å². The molecule has 2 aromatic carbocycles. The molecule has 0 saturated heterocycles. The topological polar surface area (TPSA) is 109 Å². The lowest BCUT2D eigenvalue weighted by molar-refractivity contribution is -0.131. The monoisotopic (exact) mass is 510 g/mol. The summed E-state index contributed by atoms with van der Waals surface area (Å²) in [6.45, 7) is 0. The summed E-state index contributed by atoms with van der Waals surface area (Å²) in [6.07, 6.45) is 3.41. The Kier molecular flexibility index (Phi) is 6.28. The van der Waals surface area contributed by atoms with Crippen molar-refractivity contribution in [3.8, 4) is 11.5 Å². The number of amides is 3. The van der Waals surface area contributed by atoms with Crippen LogP contribution in [0.15, 0.2) is 54.7 Å². The molecule has 2 fully saturated rings. The van der Waals surface area contributed by atoms with Crippen molar-refractivity contribution in [2.45, 2.75) is 25.7 Å². The van der Waals surface area contributed by atoms with Crippen LogP contribution in [-0.2, 0) is 14.4 Å². The van der Waals surface area contributed by atoms with Gasteiger partial charge in [-0.1, -0.05) is 0 Å². The van der Waals surface area contributed by atoms with Gasteiger partial charge < -0.3 is 20.7 Å². The highest BCUT2D eigenvalue weighted by Gasteiger charge is 2.56. The lowest BCUT2D eigenvalue weighted by atomic mass is 10.0. The minimum atomic E-state index is -1.49. The highest BCUT2D eigenvalue weighted by atomic mass is 19.1. The second kappa shape index (κ2) is 9.57. The standard InChI is InChI=1S/C26H21F3N4O4/c27-15-3-5-16(6-4-15)31-24(35)26(8-9-26)25(36)33-22-19(28)11-18(12-20(22)29)37-17-7-10-30-21(13-17)32-23(34)14-1-2-14/h3-7,10-14H,1-2,8-9H2,(H,31,35)(H,33,36)(H,30,32,34). The number of carbonyl (C=O) groups excluding carboxylic acids is 3. The summed E-state index contributed by atoms with van der Waals surface area (Å²) in [5.41, 5.74) is -1.91. The van der Waals surface area contributed by atoms with E-state index < -0.39 is 40.4 Å². The van der Waals surface area contributed by atoms with E-state index >= 15 is 0 Å². The lowest BCUT2D eigenvalue weighted by Crippen LogP contribution is -2.36. The van der Waals surface area contributed by atoms with E-state index in [1.54, 1.807) is 0 Å². The zero-order valence-corrected chi connectivity index (χ0v) is 19.3. The third-order valence-corrected chi connectivity index (χ3v) is 6.14. The molecule has 2 aliphatic carbocycles. The van der Waals surface area contributed by atoms with Crippen LogP contribution in [0.5, 0.6) is 11.5 Å². The molecule has 3 N–H and O–H groups in total. The molecule has 1 aromatic heterocycles. The van der Waals surface area contributed by atoms with Gasteiger partial charge in [-0.25, -0.2) is 18.2 Å². The normalized spacial score (nSPS) is 15.4. The van der Waals surface area contributed by atoms with E-state index in [1.807, 2.05) is 0 Å². The van der Waals surface area contributed by atoms with Crippen LogP contribution < -0.4 is 20.7 Å². The highest BCUT2D eigenvalue weighted by Crippen LogP contribution is 2.48. The van der Waals surface area contributed by atoms with Gasteiger partial charge in [-0.05, 0) is 56.0 Å². The summed E-state index contributed by atoms with van der Waals surface area (Å²) in [6, 6.07) is 9.63. The number of pyridine rings is 1. The number of anilines is 3. The molecule has 0 unspecified atom stereocenters. The molecule has 37 heavy (non-hydrogen) atoms. The van der Waals surface area contributed by atoms with Crippen LogP contribution in [-0.4, -0.2) is 22.7 Å². The first-order valence-electron chi connectivity index (χ1n) is 11.6. The van der Waals surface area contributed by atoms with Gasteiger partial charge >= 0.3 is 0 Å². The average Bonchev–Trinajstić information content (AvgIpc) is 3.76. The Balaban J connectivity index is 1.25. The Morgan fingerprint density at radius 1 is 0.838 bits per heavy atom. The van der Waals surface area contributed by atoms with Crippen molar-refractivity contribution in [2.24, 2.45) is 11.3 Å². The second-order valence-electron chi connectivity index (χ2n) is 9.00. The van der Waals surface area contributed by atoms with Crippen LogP contribution in [0.4, 0.5) is 30.4 Å². The third kappa shape index (κ3) is 5.40. The van der Waals surface area contributed by atoms with Crippen LogP contribution in [0.1, 0.15) is 25.7 Å². The van der Waals surface area contributed by atoms with Crippen LogP contribution in [0.3, 0.4) is 0 Å². The van der Waals surface area contributed by atoms with E-state index in [4.69, 9.17) is 4.74 Å². The number of halogens is 3. The minimum Gasteiger partial charge on any atom is -0.457 e. The van der Waals surface area contributed by atoms with Crippen molar-refractivity contribution in [2.75, 3.05) is 16.0 Å². The maximum Gasteiger partial charge on any atom is 0.240 e. The fourth-order valence-electron chi connectivity index (χ4n) is 3.68. The fraction of sp³-hybridized carbons (Fsp3) is 0.231. The summed E-state index contributed by atoms with van der Waals surface area (Å²) >= 11 is 0. The number of aromatic nitrogens is 1. The molecule has 190 valence electrons. The van der Waals surface area contributed by atoms with E-state index in [0.717, 1.165) is 37.1 Å². The molecule has 3 aromatic rings. The number of benzene rings is 2. The first kappa shape index (κ1) is 24.3. The van der Waals surface area contributed by atoms with Crippen molar-refractivity contribution in [1.82, 2.24) is 4.98 Å². The molecule has 0 bridgehead atoms.